The summed E-state index contributed by atoms with van der Waals surface area (Å²) in [5.74, 6) is 0.824. The number of aromatic amines is 1. The highest BCUT2D eigenvalue weighted by atomic mass is 35.5. The first-order valence-electron chi connectivity index (χ1n) is 8.08. The van der Waals surface area contributed by atoms with E-state index in [1.54, 1.807) is 7.11 Å². The van der Waals surface area contributed by atoms with E-state index >= 15 is 0 Å². The molecule has 25 heavy (non-hydrogen) atoms. The summed E-state index contributed by atoms with van der Waals surface area (Å²) in [5.41, 5.74) is 10.6. The van der Waals surface area contributed by atoms with Crippen LogP contribution in [0.15, 0.2) is 42.5 Å². The predicted octanol–water partition coefficient (Wildman–Crippen LogP) is 4.27. The van der Waals surface area contributed by atoms with Gasteiger partial charge in [-0.05, 0) is 60.1 Å². The van der Waals surface area contributed by atoms with Crippen LogP contribution in [0.3, 0.4) is 0 Å². The standard InChI is InChI=1S/C19H18ClN3OS.H2/c1-24-13-5-2-11(3-6-13)18-17-14(8-9-23(18)19(21)25)15-10-12(20)4-7-16(15)22-17;/h2-7,10,18,22H,8-9H2,1H3,(H2,21,25);1H/t18-;/m0./s1. The van der Waals surface area contributed by atoms with E-state index in [2.05, 4.69) is 22.0 Å². The van der Waals surface area contributed by atoms with Crippen LogP contribution in [0, 0.1) is 0 Å². The van der Waals surface area contributed by atoms with Gasteiger partial charge in [0.1, 0.15) is 5.75 Å². The molecular formula is C19H20ClN3OS. The van der Waals surface area contributed by atoms with Gasteiger partial charge in [-0.3, -0.25) is 0 Å². The number of nitrogens with zero attached hydrogens (tertiary/aromatic N) is 1. The molecule has 0 unspecified atom stereocenters. The summed E-state index contributed by atoms with van der Waals surface area (Å²) >= 11 is 11.5. The number of thiocarbonyl (C=S) groups is 1. The van der Waals surface area contributed by atoms with Gasteiger partial charge in [0.2, 0.25) is 0 Å². The van der Waals surface area contributed by atoms with Gasteiger partial charge >= 0.3 is 0 Å². The molecule has 1 atom stereocenters. The largest absolute Gasteiger partial charge is 0.497 e. The SMILES string of the molecule is COc1ccc([C@H]2c3[nH]c4ccc(Cl)cc4c3CCN2C(N)=S)cc1.[HH]. The fourth-order valence-corrected chi connectivity index (χ4v) is 4.00. The number of hydrogen-bond acceptors (Lipinski definition) is 2. The van der Waals surface area contributed by atoms with Gasteiger partial charge in [-0.25, -0.2) is 0 Å². The van der Waals surface area contributed by atoms with E-state index in [1.807, 2.05) is 30.3 Å². The third kappa shape index (κ3) is 2.73. The summed E-state index contributed by atoms with van der Waals surface area (Å²) in [6.07, 6.45) is 0.875. The van der Waals surface area contributed by atoms with Crippen molar-refractivity contribution in [2.24, 2.45) is 5.73 Å². The number of benzene rings is 2. The minimum Gasteiger partial charge on any atom is -0.497 e. The Morgan fingerprint density at radius 3 is 2.76 bits per heavy atom. The number of hydrogen-bond donors (Lipinski definition) is 2. The van der Waals surface area contributed by atoms with Gasteiger partial charge in [0, 0.05) is 29.6 Å². The average molecular weight is 374 g/mol. The van der Waals surface area contributed by atoms with Crippen molar-refractivity contribution in [1.29, 1.82) is 0 Å². The maximum absolute atomic E-state index is 6.20. The Hall–Kier alpha value is -2.24. The minimum absolute atomic E-state index is 0. The zero-order valence-electron chi connectivity index (χ0n) is 13.8. The molecule has 0 aliphatic carbocycles. The lowest BCUT2D eigenvalue weighted by atomic mass is 9.92. The Bertz CT molecular complexity index is 957. The lowest BCUT2D eigenvalue weighted by Gasteiger charge is -2.36. The number of H-pyrrole nitrogens is 1. The number of nitrogens with one attached hydrogen (secondary N) is 1. The van der Waals surface area contributed by atoms with E-state index in [0.717, 1.165) is 40.5 Å². The number of nitrogens with two attached hydrogens (primary N) is 1. The smallest absolute Gasteiger partial charge is 0.167 e. The lowest BCUT2D eigenvalue weighted by Crippen LogP contribution is -2.43. The van der Waals surface area contributed by atoms with E-state index in [4.69, 9.17) is 34.3 Å². The highest BCUT2D eigenvalue weighted by Crippen LogP contribution is 2.39. The van der Waals surface area contributed by atoms with Crippen molar-refractivity contribution >= 4 is 39.8 Å². The number of halogens is 1. The number of aromatic nitrogens is 1. The Kier molecular flexibility index (Phi) is 4.06. The van der Waals surface area contributed by atoms with Crippen LogP contribution in [-0.4, -0.2) is 28.7 Å². The molecular weight excluding hydrogens is 354 g/mol. The second kappa shape index (κ2) is 6.24. The zero-order valence-corrected chi connectivity index (χ0v) is 15.3. The molecule has 0 spiro atoms. The van der Waals surface area contributed by atoms with Crippen molar-refractivity contribution in [3.8, 4) is 5.75 Å². The molecule has 2 heterocycles. The fourth-order valence-electron chi connectivity index (χ4n) is 3.63. The van der Waals surface area contributed by atoms with Gasteiger partial charge < -0.3 is 20.4 Å². The quantitative estimate of drug-likeness (QED) is 0.659. The first-order valence-corrected chi connectivity index (χ1v) is 8.87. The molecule has 0 amide bonds. The number of methoxy groups -OCH3 is 1. The summed E-state index contributed by atoms with van der Waals surface area (Å²) < 4.78 is 5.27. The molecule has 3 N–H and O–H groups in total. The number of rotatable bonds is 2. The molecule has 0 bridgehead atoms. The third-order valence-electron chi connectivity index (χ3n) is 4.80. The third-order valence-corrected chi connectivity index (χ3v) is 5.27. The van der Waals surface area contributed by atoms with Crippen molar-refractivity contribution in [1.82, 2.24) is 9.88 Å². The van der Waals surface area contributed by atoms with Crippen molar-refractivity contribution < 1.29 is 6.16 Å². The van der Waals surface area contributed by atoms with E-state index in [-0.39, 0.29) is 7.47 Å². The Labute approximate surface area is 158 Å². The van der Waals surface area contributed by atoms with Gasteiger partial charge in [0.05, 0.1) is 13.2 Å². The monoisotopic (exact) mass is 373 g/mol. The molecule has 0 saturated heterocycles. The minimum atomic E-state index is -0.0432. The van der Waals surface area contributed by atoms with Gasteiger partial charge in [0.15, 0.2) is 5.11 Å². The van der Waals surface area contributed by atoms with Gasteiger partial charge in [-0.15, -0.1) is 0 Å². The van der Waals surface area contributed by atoms with Crippen LogP contribution in [0.1, 0.15) is 24.3 Å². The molecule has 0 radical (unpaired) electrons. The van der Waals surface area contributed by atoms with Crippen molar-refractivity contribution in [2.75, 3.05) is 13.7 Å². The topological polar surface area (TPSA) is 54.3 Å². The van der Waals surface area contributed by atoms with Crippen LogP contribution >= 0.6 is 23.8 Å². The maximum atomic E-state index is 6.20. The highest BCUT2D eigenvalue weighted by Gasteiger charge is 2.32. The summed E-state index contributed by atoms with van der Waals surface area (Å²) in [6.45, 7) is 0.776. The van der Waals surface area contributed by atoms with E-state index in [9.17, 15) is 0 Å². The zero-order chi connectivity index (χ0) is 17.6. The highest BCUT2D eigenvalue weighted by molar-refractivity contribution is 7.80. The Morgan fingerprint density at radius 2 is 2.08 bits per heavy atom. The maximum Gasteiger partial charge on any atom is 0.167 e. The van der Waals surface area contributed by atoms with E-state index in [1.165, 1.54) is 10.9 Å². The number of ether oxygens (including phenoxy) is 1. The Morgan fingerprint density at radius 1 is 1.32 bits per heavy atom. The molecule has 3 aromatic rings. The molecule has 4 nitrogen and oxygen atoms in total. The predicted molar refractivity (Wildman–Crippen MR) is 107 cm³/mol. The number of fused-ring (bicyclic) bond motifs is 3. The molecule has 4 rings (SSSR count). The van der Waals surface area contributed by atoms with Gasteiger partial charge in [-0.1, -0.05) is 23.7 Å². The molecule has 0 fully saturated rings. The molecule has 0 saturated carbocycles. The second-order valence-electron chi connectivity index (χ2n) is 6.16. The van der Waals surface area contributed by atoms with Crippen LogP contribution in [0.4, 0.5) is 0 Å². The van der Waals surface area contributed by atoms with Crippen molar-refractivity contribution in [3.63, 3.8) is 0 Å². The van der Waals surface area contributed by atoms with E-state index in [0.29, 0.717) is 5.11 Å². The molecule has 130 valence electrons. The van der Waals surface area contributed by atoms with Crippen LogP contribution in [0.2, 0.25) is 5.02 Å². The second-order valence-corrected chi connectivity index (χ2v) is 7.02. The summed E-state index contributed by atoms with van der Waals surface area (Å²) in [4.78, 5) is 5.62. The molecule has 2 aromatic carbocycles. The van der Waals surface area contributed by atoms with Crippen molar-refractivity contribution in [2.45, 2.75) is 12.5 Å². The van der Waals surface area contributed by atoms with Crippen LogP contribution in [0.25, 0.3) is 10.9 Å². The molecule has 1 aliphatic heterocycles. The summed E-state index contributed by atoms with van der Waals surface area (Å²) in [6, 6.07) is 13.9. The first kappa shape index (κ1) is 16.2. The molecule has 1 aliphatic rings. The van der Waals surface area contributed by atoms with Crippen molar-refractivity contribution in [3.05, 3.63) is 64.3 Å². The molecule has 1 aromatic heterocycles. The Balaban J connectivity index is 0.00000196. The summed E-state index contributed by atoms with van der Waals surface area (Å²) in [5, 5.41) is 2.32. The van der Waals surface area contributed by atoms with Crippen LogP contribution < -0.4 is 10.5 Å². The fraction of sp³-hybridized carbons (Fsp3) is 0.211. The summed E-state index contributed by atoms with van der Waals surface area (Å²) in [7, 11) is 1.66. The van der Waals surface area contributed by atoms with Gasteiger partial charge in [-0.2, -0.15) is 0 Å². The van der Waals surface area contributed by atoms with Gasteiger partial charge in [0.25, 0.3) is 0 Å². The van der Waals surface area contributed by atoms with Crippen LogP contribution in [-0.2, 0) is 6.42 Å². The van der Waals surface area contributed by atoms with E-state index < -0.39 is 0 Å². The normalized spacial score (nSPS) is 16.7. The average Bonchev–Trinajstić information content (AvgIpc) is 2.98. The molecule has 6 heteroatoms. The first-order chi connectivity index (χ1) is 12.1. The lowest BCUT2D eigenvalue weighted by molar-refractivity contribution is 0.336. The van der Waals surface area contributed by atoms with Crippen LogP contribution in [0.5, 0.6) is 5.75 Å².